The Labute approximate surface area is 98.9 Å². The van der Waals surface area contributed by atoms with Gasteiger partial charge in [0.25, 0.3) is 0 Å². The fourth-order valence-electron chi connectivity index (χ4n) is 1.19. The third-order valence-corrected chi connectivity index (χ3v) is 2.43. The van der Waals surface area contributed by atoms with Crippen LogP contribution in [0.5, 0.6) is 0 Å². The summed E-state index contributed by atoms with van der Waals surface area (Å²) in [5.41, 5.74) is 5.63. The molecular weight excluding hydrogens is 204 g/mol. The molecule has 0 radical (unpaired) electrons. The monoisotopic (exact) mass is 230 g/mol. The number of nitrogens with two attached hydrogens (primary N) is 1. The minimum Gasteiger partial charge on any atom is -0.382 e. The van der Waals surface area contributed by atoms with Crippen molar-refractivity contribution in [2.24, 2.45) is 11.1 Å². The zero-order valence-corrected chi connectivity index (χ0v) is 11.0. The fourth-order valence-corrected chi connectivity index (χ4v) is 1.19. The minimum absolute atomic E-state index is 0.0658. The standard InChI is InChI=1S/C12H26N2O2/c1-5-16-9-7-6-8-14-11(15)10(13)12(2,3)4/h10H,5-9,13H2,1-4H3,(H,14,15)/t10-/m1/s1. The lowest BCUT2D eigenvalue weighted by Gasteiger charge is -2.25. The van der Waals surface area contributed by atoms with E-state index in [0.29, 0.717) is 6.54 Å². The van der Waals surface area contributed by atoms with E-state index in [1.807, 2.05) is 27.7 Å². The second-order valence-electron chi connectivity index (χ2n) is 5.04. The Balaban J connectivity index is 3.58. The smallest absolute Gasteiger partial charge is 0.237 e. The summed E-state index contributed by atoms with van der Waals surface area (Å²) in [6, 6.07) is -0.445. The molecule has 0 fully saturated rings. The van der Waals surface area contributed by atoms with E-state index >= 15 is 0 Å². The Morgan fingerprint density at radius 2 is 2.00 bits per heavy atom. The topological polar surface area (TPSA) is 64.3 Å². The molecule has 0 rings (SSSR count). The average Bonchev–Trinajstić information content (AvgIpc) is 2.20. The van der Waals surface area contributed by atoms with Crippen LogP contribution in [-0.2, 0) is 9.53 Å². The Hall–Kier alpha value is -0.610. The van der Waals surface area contributed by atoms with Crippen LogP contribution in [0.3, 0.4) is 0 Å². The lowest BCUT2D eigenvalue weighted by molar-refractivity contribution is -0.124. The summed E-state index contributed by atoms with van der Waals surface area (Å²) in [4.78, 5) is 11.6. The Morgan fingerprint density at radius 3 is 2.50 bits per heavy atom. The second-order valence-corrected chi connectivity index (χ2v) is 5.04. The highest BCUT2D eigenvalue weighted by Crippen LogP contribution is 2.16. The maximum atomic E-state index is 11.6. The van der Waals surface area contributed by atoms with Gasteiger partial charge in [0.05, 0.1) is 6.04 Å². The van der Waals surface area contributed by atoms with Gasteiger partial charge in [0.15, 0.2) is 0 Å². The van der Waals surface area contributed by atoms with Crippen molar-refractivity contribution in [2.45, 2.75) is 46.6 Å². The first-order chi connectivity index (χ1) is 7.39. The number of carbonyl (C=O) groups excluding carboxylic acids is 1. The van der Waals surface area contributed by atoms with Gasteiger partial charge in [-0.3, -0.25) is 4.79 Å². The summed E-state index contributed by atoms with van der Waals surface area (Å²) in [6.45, 7) is 10.1. The molecule has 0 aromatic rings. The normalized spacial score (nSPS) is 13.6. The molecule has 0 heterocycles. The molecular formula is C12H26N2O2. The molecule has 0 aliphatic rings. The van der Waals surface area contributed by atoms with E-state index in [9.17, 15) is 4.79 Å². The van der Waals surface area contributed by atoms with Crippen LogP contribution in [0.25, 0.3) is 0 Å². The van der Waals surface area contributed by atoms with Crippen LogP contribution < -0.4 is 11.1 Å². The maximum Gasteiger partial charge on any atom is 0.237 e. The Bertz CT molecular complexity index is 200. The van der Waals surface area contributed by atoms with Crippen molar-refractivity contribution in [3.63, 3.8) is 0 Å². The number of hydrogen-bond acceptors (Lipinski definition) is 3. The number of unbranched alkanes of at least 4 members (excludes halogenated alkanes) is 1. The second kappa shape index (κ2) is 7.63. The first kappa shape index (κ1) is 15.4. The van der Waals surface area contributed by atoms with Crippen molar-refractivity contribution < 1.29 is 9.53 Å². The lowest BCUT2D eigenvalue weighted by atomic mass is 9.87. The SMILES string of the molecule is CCOCCCCNC(=O)[C@@H](N)C(C)(C)C. The van der Waals surface area contributed by atoms with Crippen molar-refractivity contribution in [1.29, 1.82) is 0 Å². The quantitative estimate of drug-likeness (QED) is 0.648. The van der Waals surface area contributed by atoms with Crippen molar-refractivity contribution in [1.82, 2.24) is 5.32 Å². The molecule has 0 bridgehead atoms. The Kier molecular flexibility index (Phi) is 7.34. The van der Waals surface area contributed by atoms with E-state index in [-0.39, 0.29) is 11.3 Å². The van der Waals surface area contributed by atoms with E-state index in [2.05, 4.69) is 5.32 Å². The molecule has 1 amide bonds. The fraction of sp³-hybridized carbons (Fsp3) is 0.917. The zero-order chi connectivity index (χ0) is 12.6. The number of hydrogen-bond donors (Lipinski definition) is 2. The molecule has 96 valence electrons. The molecule has 4 nitrogen and oxygen atoms in total. The van der Waals surface area contributed by atoms with E-state index in [1.165, 1.54) is 0 Å². The summed E-state index contributed by atoms with van der Waals surface area (Å²) < 4.78 is 5.20. The molecule has 0 saturated heterocycles. The van der Waals surface area contributed by atoms with Gasteiger partial charge in [-0.2, -0.15) is 0 Å². The summed E-state index contributed by atoms with van der Waals surface area (Å²) in [7, 11) is 0. The van der Waals surface area contributed by atoms with Crippen molar-refractivity contribution in [3.05, 3.63) is 0 Å². The largest absolute Gasteiger partial charge is 0.382 e. The van der Waals surface area contributed by atoms with Crippen molar-refractivity contribution in [3.8, 4) is 0 Å². The van der Waals surface area contributed by atoms with Gasteiger partial charge in [0.2, 0.25) is 5.91 Å². The Morgan fingerprint density at radius 1 is 1.38 bits per heavy atom. The van der Waals surface area contributed by atoms with E-state index < -0.39 is 6.04 Å². The van der Waals surface area contributed by atoms with Gasteiger partial charge in [-0.25, -0.2) is 0 Å². The molecule has 4 heteroatoms. The van der Waals surface area contributed by atoms with E-state index in [0.717, 1.165) is 26.1 Å². The van der Waals surface area contributed by atoms with Crippen LogP contribution in [0, 0.1) is 5.41 Å². The molecule has 0 aromatic heterocycles. The molecule has 3 N–H and O–H groups in total. The zero-order valence-electron chi connectivity index (χ0n) is 11.0. The lowest BCUT2D eigenvalue weighted by Crippen LogP contribution is -2.48. The third kappa shape index (κ3) is 6.80. The summed E-state index contributed by atoms with van der Waals surface area (Å²) >= 11 is 0. The van der Waals surface area contributed by atoms with Gasteiger partial charge in [-0.15, -0.1) is 0 Å². The minimum atomic E-state index is -0.445. The first-order valence-corrected chi connectivity index (χ1v) is 6.00. The maximum absolute atomic E-state index is 11.6. The average molecular weight is 230 g/mol. The van der Waals surface area contributed by atoms with Crippen LogP contribution >= 0.6 is 0 Å². The van der Waals surface area contributed by atoms with Crippen LogP contribution in [0.4, 0.5) is 0 Å². The number of rotatable bonds is 7. The van der Waals surface area contributed by atoms with Crippen molar-refractivity contribution in [2.75, 3.05) is 19.8 Å². The molecule has 0 saturated carbocycles. The molecule has 0 spiro atoms. The molecule has 0 unspecified atom stereocenters. The van der Waals surface area contributed by atoms with E-state index in [4.69, 9.17) is 10.5 Å². The number of amides is 1. The predicted molar refractivity (Wildman–Crippen MR) is 66.2 cm³/mol. The van der Waals surface area contributed by atoms with Crippen LogP contribution in [0.1, 0.15) is 40.5 Å². The first-order valence-electron chi connectivity index (χ1n) is 6.00. The highest BCUT2D eigenvalue weighted by atomic mass is 16.5. The molecule has 0 aliphatic carbocycles. The number of nitrogens with one attached hydrogen (secondary N) is 1. The third-order valence-electron chi connectivity index (χ3n) is 2.43. The van der Waals surface area contributed by atoms with Gasteiger partial charge in [0, 0.05) is 19.8 Å². The van der Waals surface area contributed by atoms with Crippen LogP contribution in [0.15, 0.2) is 0 Å². The summed E-state index contributed by atoms with van der Waals surface area (Å²) in [6.07, 6.45) is 1.90. The van der Waals surface area contributed by atoms with Gasteiger partial charge >= 0.3 is 0 Å². The molecule has 1 atom stereocenters. The van der Waals surface area contributed by atoms with Crippen LogP contribution in [-0.4, -0.2) is 31.7 Å². The molecule has 0 aliphatic heterocycles. The molecule has 0 aromatic carbocycles. The van der Waals surface area contributed by atoms with Gasteiger partial charge in [-0.05, 0) is 25.2 Å². The number of carbonyl (C=O) groups is 1. The van der Waals surface area contributed by atoms with Gasteiger partial charge in [-0.1, -0.05) is 20.8 Å². The van der Waals surface area contributed by atoms with Gasteiger partial charge < -0.3 is 15.8 Å². The van der Waals surface area contributed by atoms with Crippen LogP contribution in [0.2, 0.25) is 0 Å². The highest BCUT2D eigenvalue weighted by molar-refractivity contribution is 5.82. The van der Waals surface area contributed by atoms with Crippen molar-refractivity contribution >= 4 is 5.91 Å². The molecule has 16 heavy (non-hydrogen) atoms. The highest BCUT2D eigenvalue weighted by Gasteiger charge is 2.26. The van der Waals surface area contributed by atoms with E-state index in [1.54, 1.807) is 0 Å². The summed E-state index contributed by atoms with van der Waals surface area (Å²) in [5, 5.41) is 2.85. The summed E-state index contributed by atoms with van der Waals surface area (Å²) in [5.74, 6) is -0.0658. The van der Waals surface area contributed by atoms with Gasteiger partial charge in [0.1, 0.15) is 0 Å². The predicted octanol–water partition coefficient (Wildman–Crippen LogP) is 1.29. The number of ether oxygens (including phenoxy) is 1.